The van der Waals surface area contributed by atoms with Crippen LogP contribution in [0.3, 0.4) is 0 Å². The fraction of sp³-hybridized carbons (Fsp3) is 0.600. The molecule has 1 aromatic rings. The van der Waals surface area contributed by atoms with Gasteiger partial charge in [0.1, 0.15) is 5.84 Å². The number of nitrogens with one attached hydrogen (secondary N) is 1. The molecule has 1 saturated carbocycles. The number of aryl methyl sites for hydroxylation is 1. The number of likely N-dealkylation sites (tertiary alicyclic amines) is 1. The molecule has 5 heteroatoms. The molecule has 1 saturated heterocycles. The lowest BCUT2D eigenvalue weighted by atomic mass is 9.91. The molecule has 3 atom stereocenters. The van der Waals surface area contributed by atoms with Crippen molar-refractivity contribution in [3.8, 4) is 0 Å². The largest absolute Gasteiger partial charge is 0.332 e. The van der Waals surface area contributed by atoms with Crippen LogP contribution in [-0.4, -0.2) is 42.2 Å². The van der Waals surface area contributed by atoms with Gasteiger partial charge in [0.25, 0.3) is 0 Å². The van der Waals surface area contributed by atoms with Crippen molar-refractivity contribution in [2.45, 2.75) is 91.5 Å². The van der Waals surface area contributed by atoms with E-state index in [2.05, 4.69) is 85.2 Å². The van der Waals surface area contributed by atoms with Gasteiger partial charge in [-0.25, -0.2) is 0 Å². The first-order valence-corrected chi connectivity index (χ1v) is 15.9. The molecule has 3 heterocycles. The van der Waals surface area contributed by atoms with Gasteiger partial charge in [-0.1, -0.05) is 38.3 Å². The van der Waals surface area contributed by atoms with E-state index in [0.29, 0.717) is 5.92 Å². The number of anilines is 2. The zero-order chi connectivity index (χ0) is 24.6. The second-order valence-electron chi connectivity index (χ2n) is 11.3. The fourth-order valence-electron chi connectivity index (χ4n) is 5.92. The van der Waals surface area contributed by atoms with Crippen LogP contribution in [0, 0.1) is 12.8 Å². The van der Waals surface area contributed by atoms with Crippen molar-refractivity contribution >= 4 is 30.2 Å². The third-order valence-electron chi connectivity index (χ3n) is 8.93. The molecular weight excluding hydrogens is 447 g/mol. The van der Waals surface area contributed by atoms with E-state index in [1.807, 2.05) is 0 Å². The molecule has 5 rings (SSSR count). The minimum atomic E-state index is -1.70. The summed E-state index contributed by atoms with van der Waals surface area (Å²) in [7, 11) is -1.70. The Hall–Kier alpha value is -1.77. The maximum absolute atomic E-state index is 4.88. The average Bonchev–Trinajstić information content (AvgIpc) is 3.14. The number of benzene rings is 1. The van der Waals surface area contributed by atoms with E-state index in [4.69, 9.17) is 4.99 Å². The Bertz CT molecular complexity index is 1090. The van der Waals surface area contributed by atoms with Crippen LogP contribution in [0.1, 0.15) is 89.7 Å². The molecule has 35 heavy (non-hydrogen) atoms. The van der Waals surface area contributed by atoms with Crippen molar-refractivity contribution in [3.63, 3.8) is 0 Å². The van der Waals surface area contributed by atoms with Crippen molar-refractivity contribution in [2.24, 2.45) is 10.9 Å². The summed E-state index contributed by atoms with van der Waals surface area (Å²) < 4.78 is 2.56. The second-order valence-corrected chi connectivity index (χ2v) is 14.2. The molecule has 3 unspecified atom stereocenters. The highest BCUT2D eigenvalue weighted by atomic mass is 31.2. The van der Waals surface area contributed by atoms with E-state index in [-0.39, 0.29) is 0 Å². The molecular formula is C30H45N4P. The molecule has 0 aromatic heterocycles. The van der Waals surface area contributed by atoms with Crippen LogP contribution in [0.2, 0.25) is 0 Å². The summed E-state index contributed by atoms with van der Waals surface area (Å²) in [6.07, 6.45) is 13.8. The SMILES string of the molecule is CC=P1(N2c3cc(C)c(C4CCN(C5CCC5)C4)cc32)C=CC(=NC/C=C(/C)CCC(C)CC)N1. The molecule has 0 radical (unpaired) electrons. The highest BCUT2D eigenvalue weighted by Gasteiger charge is 2.42. The van der Waals surface area contributed by atoms with Crippen molar-refractivity contribution < 1.29 is 0 Å². The van der Waals surface area contributed by atoms with Crippen LogP contribution >= 0.6 is 7.19 Å². The predicted molar refractivity (Wildman–Crippen MR) is 156 cm³/mol. The van der Waals surface area contributed by atoms with Crippen LogP contribution in [0.25, 0.3) is 0 Å². The fourth-order valence-corrected chi connectivity index (χ4v) is 8.63. The third-order valence-corrected chi connectivity index (χ3v) is 12.0. The quantitative estimate of drug-likeness (QED) is 0.217. The van der Waals surface area contributed by atoms with E-state index in [0.717, 1.165) is 24.3 Å². The van der Waals surface area contributed by atoms with Gasteiger partial charge < -0.3 is 5.09 Å². The normalized spacial score (nSPS) is 28.3. The number of hydrogen-bond donors (Lipinski definition) is 1. The molecule has 3 aliphatic heterocycles. The Morgan fingerprint density at radius 2 is 2.06 bits per heavy atom. The van der Waals surface area contributed by atoms with E-state index < -0.39 is 7.19 Å². The van der Waals surface area contributed by atoms with Gasteiger partial charge in [-0.05, 0) is 112 Å². The highest BCUT2D eigenvalue weighted by Crippen LogP contribution is 2.69. The van der Waals surface area contributed by atoms with Gasteiger partial charge >= 0.3 is 0 Å². The molecule has 0 amide bonds. The molecule has 2 fully saturated rings. The highest BCUT2D eigenvalue weighted by molar-refractivity contribution is 7.79. The molecule has 1 aliphatic carbocycles. The monoisotopic (exact) mass is 492 g/mol. The first kappa shape index (κ1) is 24.9. The molecule has 0 bridgehead atoms. The molecule has 190 valence electrons. The van der Waals surface area contributed by atoms with Crippen molar-refractivity contribution in [2.75, 3.05) is 24.3 Å². The van der Waals surface area contributed by atoms with Crippen LogP contribution in [0.5, 0.6) is 0 Å². The number of nitrogens with zero attached hydrogens (tertiary/aromatic N) is 3. The summed E-state index contributed by atoms with van der Waals surface area (Å²) >= 11 is 0. The van der Waals surface area contributed by atoms with Crippen LogP contribution in [-0.2, 0) is 0 Å². The Morgan fingerprint density at radius 1 is 1.26 bits per heavy atom. The lowest BCUT2D eigenvalue weighted by Crippen LogP contribution is -2.38. The van der Waals surface area contributed by atoms with Gasteiger partial charge in [0.15, 0.2) is 0 Å². The zero-order valence-corrected chi connectivity index (χ0v) is 23.5. The lowest BCUT2D eigenvalue weighted by Gasteiger charge is -2.34. The number of amidine groups is 1. The topological polar surface area (TPSA) is 30.6 Å². The smallest absolute Gasteiger partial charge is 0.125 e. The van der Waals surface area contributed by atoms with Crippen molar-refractivity contribution in [1.82, 2.24) is 9.99 Å². The summed E-state index contributed by atoms with van der Waals surface area (Å²) in [6.45, 7) is 14.7. The van der Waals surface area contributed by atoms with E-state index >= 15 is 0 Å². The Labute approximate surface area is 213 Å². The van der Waals surface area contributed by atoms with Gasteiger partial charge in [0.05, 0.1) is 25.1 Å². The molecule has 1 aromatic carbocycles. The second kappa shape index (κ2) is 10.3. The molecule has 4 aliphatic rings. The summed E-state index contributed by atoms with van der Waals surface area (Å²) in [5.41, 5.74) is 7.35. The van der Waals surface area contributed by atoms with Crippen molar-refractivity contribution in [3.05, 3.63) is 46.8 Å². The lowest BCUT2D eigenvalue weighted by molar-refractivity contribution is 0.157. The molecule has 1 N–H and O–H groups in total. The number of rotatable bonds is 9. The third kappa shape index (κ3) is 5.07. The van der Waals surface area contributed by atoms with E-state index in [9.17, 15) is 0 Å². The summed E-state index contributed by atoms with van der Waals surface area (Å²) in [5.74, 6) is 7.30. The maximum Gasteiger partial charge on any atom is 0.125 e. The predicted octanol–water partition coefficient (Wildman–Crippen LogP) is 7.75. The van der Waals surface area contributed by atoms with Gasteiger partial charge in [0, 0.05) is 12.6 Å². The van der Waals surface area contributed by atoms with Crippen molar-refractivity contribution in [1.29, 1.82) is 0 Å². The Kier molecular flexibility index (Phi) is 7.33. The standard InChI is InChI=1S/C30H45N4P/c1-6-22(3)11-12-23(4)13-16-31-30-15-18-35(7-2,32-30)34-28-19-24(5)27(20-29(28)34)25-14-17-33(21-25)26-9-8-10-26/h7,13,15,18-20,22,25-26H,6,8-12,14,16-17,21H2,1-5H3,(H,31,32)/b23-13-. The molecule has 4 nitrogen and oxygen atoms in total. The number of allylic oxidation sites excluding steroid dienone is 1. The minimum absolute atomic E-state index is 0.697. The average molecular weight is 493 g/mol. The van der Waals surface area contributed by atoms with Gasteiger partial charge in [-0.2, -0.15) is 0 Å². The Morgan fingerprint density at radius 3 is 2.77 bits per heavy atom. The number of hydrogen-bond acceptors (Lipinski definition) is 3. The van der Waals surface area contributed by atoms with E-state index in [1.54, 1.807) is 5.56 Å². The zero-order valence-electron chi connectivity index (χ0n) is 22.6. The summed E-state index contributed by atoms with van der Waals surface area (Å²) in [6, 6.07) is 5.82. The van der Waals surface area contributed by atoms with Crippen LogP contribution in [0.4, 0.5) is 11.4 Å². The van der Waals surface area contributed by atoms with E-state index in [1.165, 1.54) is 80.5 Å². The first-order valence-electron chi connectivity index (χ1n) is 14.0. The summed E-state index contributed by atoms with van der Waals surface area (Å²) in [5, 5.41) is 3.82. The Balaban J connectivity index is 1.22. The van der Waals surface area contributed by atoms with Gasteiger partial charge in [-0.3, -0.25) is 14.6 Å². The van der Waals surface area contributed by atoms with Gasteiger partial charge in [0.2, 0.25) is 0 Å². The number of aliphatic imine (C=N–C) groups is 1. The van der Waals surface area contributed by atoms with Gasteiger partial charge in [-0.15, -0.1) is 0 Å². The van der Waals surface area contributed by atoms with Crippen LogP contribution < -0.4 is 9.76 Å². The minimum Gasteiger partial charge on any atom is -0.332 e. The van der Waals surface area contributed by atoms with Crippen LogP contribution in [0.15, 0.2) is 40.7 Å². The summed E-state index contributed by atoms with van der Waals surface area (Å²) in [4.78, 5) is 7.64. The number of fused-ring (bicyclic) bond motifs is 1. The first-order chi connectivity index (χ1) is 16.9. The maximum atomic E-state index is 4.88. The molecule has 0 spiro atoms.